The molecular weight excluding hydrogens is 250 g/mol. The summed E-state index contributed by atoms with van der Waals surface area (Å²) in [5.41, 5.74) is 2.13. The predicted molar refractivity (Wildman–Crippen MR) is 83.7 cm³/mol. The second kappa shape index (κ2) is 7.72. The lowest BCUT2D eigenvalue weighted by Gasteiger charge is -2.27. The summed E-state index contributed by atoms with van der Waals surface area (Å²) in [7, 11) is 0. The monoisotopic (exact) mass is 279 g/mol. The molecule has 1 atom stereocenters. The van der Waals surface area contributed by atoms with Gasteiger partial charge in [-0.05, 0) is 46.4 Å². The summed E-state index contributed by atoms with van der Waals surface area (Å²) in [4.78, 5) is 6.73. The molecule has 0 saturated carbocycles. The van der Waals surface area contributed by atoms with Crippen LogP contribution in [0.1, 0.15) is 39.1 Å². The van der Waals surface area contributed by atoms with Crippen LogP contribution in [0.25, 0.3) is 0 Å². The maximum Gasteiger partial charge on any atom is 0.0791 e. The van der Waals surface area contributed by atoms with Gasteiger partial charge in [0.1, 0.15) is 0 Å². The molecule has 0 spiro atoms. The summed E-state index contributed by atoms with van der Waals surface area (Å²) >= 11 is 0. The van der Waals surface area contributed by atoms with Crippen LogP contribution in [0.4, 0.5) is 0 Å². The first-order valence-corrected chi connectivity index (χ1v) is 7.38. The Labute approximate surface area is 123 Å². The van der Waals surface area contributed by atoms with E-state index < -0.39 is 0 Å². The zero-order valence-electron chi connectivity index (χ0n) is 13.5. The Hall–Kier alpha value is -0.970. The summed E-state index contributed by atoms with van der Waals surface area (Å²) in [5, 5.41) is 13.5. The molecule has 0 aliphatic heterocycles. The number of nitrogens with one attached hydrogen (secondary N) is 1. The molecule has 20 heavy (non-hydrogen) atoms. The van der Waals surface area contributed by atoms with Crippen LogP contribution in [0.5, 0.6) is 0 Å². The highest BCUT2D eigenvalue weighted by molar-refractivity contribution is 5.09. The molecule has 1 aromatic heterocycles. The van der Waals surface area contributed by atoms with Crippen molar-refractivity contribution in [1.29, 1.82) is 0 Å². The Morgan fingerprint density at radius 2 is 2.05 bits per heavy atom. The number of aryl methyl sites for hydroxylation is 1. The lowest BCUT2D eigenvalue weighted by molar-refractivity contribution is 0.104. The van der Waals surface area contributed by atoms with Crippen LogP contribution in [0.2, 0.25) is 0 Å². The van der Waals surface area contributed by atoms with Gasteiger partial charge in [0, 0.05) is 30.9 Å². The minimum atomic E-state index is -0.362. The summed E-state index contributed by atoms with van der Waals surface area (Å²) in [6.45, 7) is 13.4. The molecule has 0 aliphatic carbocycles. The van der Waals surface area contributed by atoms with Crippen molar-refractivity contribution < 1.29 is 5.11 Å². The molecule has 0 fully saturated rings. The van der Waals surface area contributed by atoms with Gasteiger partial charge in [-0.1, -0.05) is 13.0 Å². The van der Waals surface area contributed by atoms with E-state index in [1.54, 1.807) is 0 Å². The zero-order chi connectivity index (χ0) is 15.2. The van der Waals surface area contributed by atoms with Crippen molar-refractivity contribution in [3.8, 4) is 0 Å². The summed E-state index contributed by atoms with van der Waals surface area (Å²) < 4.78 is 0. The van der Waals surface area contributed by atoms with Crippen LogP contribution in [0, 0.1) is 6.92 Å². The molecule has 0 amide bonds. The predicted octanol–water partition coefficient (Wildman–Crippen LogP) is 1.96. The first-order chi connectivity index (χ1) is 9.30. The minimum absolute atomic E-state index is 0.0378. The lowest BCUT2D eigenvalue weighted by atomic mass is 10.1. The number of aliphatic hydroxyl groups is 1. The quantitative estimate of drug-likeness (QED) is 0.801. The van der Waals surface area contributed by atoms with Gasteiger partial charge in [-0.15, -0.1) is 0 Å². The molecule has 4 nitrogen and oxygen atoms in total. The number of β-amino-alcohol motifs (C(OH)–C–C–N with tert-alkyl or cyclic N) is 1. The number of hydrogen-bond donors (Lipinski definition) is 2. The van der Waals surface area contributed by atoms with E-state index in [4.69, 9.17) is 0 Å². The Bertz CT molecular complexity index is 401. The Balaban J connectivity index is 2.46. The average molecular weight is 279 g/mol. The standard InChI is InChI=1S/C16H29N3O/c1-6-19(11-14-9-7-8-13(2)18-14)12-15(20)10-17-16(3,4)5/h7-9,15,17,20H,6,10-12H2,1-5H3. The molecule has 1 unspecified atom stereocenters. The van der Waals surface area contributed by atoms with Gasteiger partial charge in [0.25, 0.3) is 0 Å². The van der Waals surface area contributed by atoms with Crippen molar-refractivity contribution in [1.82, 2.24) is 15.2 Å². The molecule has 1 heterocycles. The second-order valence-electron chi connectivity index (χ2n) is 6.38. The van der Waals surface area contributed by atoms with Crippen LogP contribution in [-0.2, 0) is 6.54 Å². The van der Waals surface area contributed by atoms with Crippen LogP contribution in [-0.4, -0.2) is 46.3 Å². The van der Waals surface area contributed by atoms with E-state index in [9.17, 15) is 5.11 Å². The highest BCUT2D eigenvalue weighted by atomic mass is 16.3. The van der Waals surface area contributed by atoms with Gasteiger partial charge in [-0.2, -0.15) is 0 Å². The Morgan fingerprint density at radius 1 is 1.35 bits per heavy atom. The lowest BCUT2D eigenvalue weighted by Crippen LogP contribution is -2.44. The smallest absolute Gasteiger partial charge is 0.0791 e. The van der Waals surface area contributed by atoms with E-state index in [0.29, 0.717) is 13.1 Å². The highest BCUT2D eigenvalue weighted by Gasteiger charge is 2.15. The topological polar surface area (TPSA) is 48.4 Å². The van der Waals surface area contributed by atoms with Crippen molar-refractivity contribution in [2.75, 3.05) is 19.6 Å². The summed E-state index contributed by atoms with van der Waals surface area (Å²) in [6, 6.07) is 6.07. The fourth-order valence-electron chi connectivity index (χ4n) is 2.01. The minimum Gasteiger partial charge on any atom is -0.390 e. The van der Waals surface area contributed by atoms with Crippen molar-refractivity contribution in [3.63, 3.8) is 0 Å². The van der Waals surface area contributed by atoms with E-state index >= 15 is 0 Å². The van der Waals surface area contributed by atoms with E-state index in [0.717, 1.165) is 24.5 Å². The van der Waals surface area contributed by atoms with Gasteiger partial charge in [0.15, 0.2) is 0 Å². The molecule has 1 rings (SSSR count). The van der Waals surface area contributed by atoms with Crippen molar-refractivity contribution in [2.45, 2.75) is 52.8 Å². The highest BCUT2D eigenvalue weighted by Crippen LogP contribution is 2.05. The van der Waals surface area contributed by atoms with Gasteiger partial charge < -0.3 is 10.4 Å². The Kier molecular flexibility index (Phi) is 6.59. The number of nitrogens with zero attached hydrogens (tertiary/aromatic N) is 2. The number of aromatic nitrogens is 1. The second-order valence-corrected chi connectivity index (χ2v) is 6.38. The number of rotatable bonds is 7. The molecule has 0 radical (unpaired) electrons. The molecule has 0 aliphatic rings. The average Bonchev–Trinajstić information content (AvgIpc) is 2.35. The Morgan fingerprint density at radius 3 is 2.60 bits per heavy atom. The van der Waals surface area contributed by atoms with Gasteiger partial charge in [-0.3, -0.25) is 9.88 Å². The normalized spacial score (nSPS) is 13.8. The third kappa shape index (κ3) is 6.98. The zero-order valence-corrected chi connectivity index (χ0v) is 13.5. The van der Waals surface area contributed by atoms with E-state index in [1.807, 2.05) is 25.1 Å². The van der Waals surface area contributed by atoms with Gasteiger partial charge in [0.05, 0.1) is 11.8 Å². The maximum absolute atomic E-state index is 10.1. The SMILES string of the molecule is CCN(Cc1cccc(C)n1)CC(O)CNC(C)(C)C. The first kappa shape index (κ1) is 17.1. The molecule has 0 aromatic carbocycles. The van der Waals surface area contributed by atoms with Crippen molar-refractivity contribution >= 4 is 0 Å². The fraction of sp³-hybridized carbons (Fsp3) is 0.688. The number of aliphatic hydroxyl groups excluding tert-OH is 1. The van der Waals surface area contributed by atoms with Crippen LogP contribution in [0.3, 0.4) is 0 Å². The van der Waals surface area contributed by atoms with Gasteiger partial charge >= 0.3 is 0 Å². The van der Waals surface area contributed by atoms with E-state index in [-0.39, 0.29) is 11.6 Å². The number of hydrogen-bond acceptors (Lipinski definition) is 4. The molecule has 4 heteroatoms. The largest absolute Gasteiger partial charge is 0.390 e. The van der Waals surface area contributed by atoms with Crippen LogP contribution >= 0.6 is 0 Å². The molecule has 1 aromatic rings. The fourth-order valence-corrected chi connectivity index (χ4v) is 2.01. The molecule has 0 bridgehead atoms. The van der Waals surface area contributed by atoms with Crippen molar-refractivity contribution in [2.24, 2.45) is 0 Å². The number of pyridine rings is 1. The van der Waals surface area contributed by atoms with E-state index in [1.165, 1.54) is 0 Å². The third-order valence-corrected chi connectivity index (χ3v) is 3.12. The van der Waals surface area contributed by atoms with Gasteiger partial charge in [0.2, 0.25) is 0 Å². The molecule has 114 valence electrons. The van der Waals surface area contributed by atoms with Crippen LogP contribution in [0.15, 0.2) is 18.2 Å². The molecular formula is C16H29N3O. The molecule has 2 N–H and O–H groups in total. The maximum atomic E-state index is 10.1. The van der Waals surface area contributed by atoms with E-state index in [2.05, 4.69) is 42.9 Å². The number of likely N-dealkylation sites (N-methyl/N-ethyl adjacent to an activating group) is 1. The van der Waals surface area contributed by atoms with Crippen LogP contribution < -0.4 is 5.32 Å². The molecule has 0 saturated heterocycles. The van der Waals surface area contributed by atoms with Gasteiger partial charge in [-0.25, -0.2) is 0 Å². The summed E-state index contributed by atoms with van der Waals surface area (Å²) in [6.07, 6.45) is -0.362. The summed E-state index contributed by atoms with van der Waals surface area (Å²) in [5.74, 6) is 0. The van der Waals surface area contributed by atoms with Crippen molar-refractivity contribution in [3.05, 3.63) is 29.6 Å². The first-order valence-electron chi connectivity index (χ1n) is 7.38. The third-order valence-electron chi connectivity index (χ3n) is 3.12.